The fraction of sp³-hybridized carbons (Fsp3) is 0.455. The maximum Gasteiger partial charge on any atom is 0.371 e. The zero-order chi connectivity index (χ0) is 12.1. The molecule has 5 nitrogen and oxygen atoms in total. The standard InChI is InChI=1S/C11H15NO4/c1-7(2)5-10(13)12-6-8-3-4-9(16-8)11(14)15/h3-4,7H,5-6H2,1-2H3,(H,12,13)(H,14,15). The summed E-state index contributed by atoms with van der Waals surface area (Å²) < 4.78 is 4.99. The summed E-state index contributed by atoms with van der Waals surface area (Å²) in [6.07, 6.45) is 0.451. The fourth-order valence-corrected chi connectivity index (χ4v) is 1.22. The Morgan fingerprint density at radius 1 is 1.44 bits per heavy atom. The Balaban J connectivity index is 2.42. The van der Waals surface area contributed by atoms with E-state index in [1.165, 1.54) is 6.07 Å². The van der Waals surface area contributed by atoms with Gasteiger partial charge >= 0.3 is 5.97 Å². The lowest BCUT2D eigenvalue weighted by Gasteiger charge is -2.05. The van der Waals surface area contributed by atoms with Crippen molar-refractivity contribution in [2.45, 2.75) is 26.8 Å². The highest BCUT2D eigenvalue weighted by Crippen LogP contribution is 2.07. The third-order valence-electron chi connectivity index (χ3n) is 1.93. The Bertz CT molecular complexity index is 381. The van der Waals surface area contributed by atoms with Gasteiger partial charge in [-0.2, -0.15) is 0 Å². The Labute approximate surface area is 93.4 Å². The number of furan rings is 1. The Kier molecular flexibility index (Phi) is 4.10. The molecule has 5 heteroatoms. The largest absolute Gasteiger partial charge is 0.475 e. The average Bonchev–Trinajstić information content (AvgIpc) is 2.61. The van der Waals surface area contributed by atoms with Gasteiger partial charge in [0, 0.05) is 6.42 Å². The number of carboxylic acid groups (broad SMARTS) is 1. The first kappa shape index (κ1) is 12.3. The molecule has 0 aliphatic rings. The molecule has 88 valence electrons. The number of hydrogen-bond donors (Lipinski definition) is 2. The van der Waals surface area contributed by atoms with Crippen LogP contribution in [-0.2, 0) is 11.3 Å². The number of carbonyl (C=O) groups excluding carboxylic acids is 1. The molecular formula is C11H15NO4. The number of nitrogens with one attached hydrogen (secondary N) is 1. The van der Waals surface area contributed by atoms with Gasteiger partial charge in [0.05, 0.1) is 6.54 Å². The van der Waals surface area contributed by atoms with Crippen molar-refractivity contribution in [2.24, 2.45) is 5.92 Å². The quantitative estimate of drug-likeness (QED) is 0.798. The van der Waals surface area contributed by atoms with Gasteiger partial charge in [-0.05, 0) is 18.1 Å². The van der Waals surface area contributed by atoms with Crippen molar-refractivity contribution in [1.82, 2.24) is 5.32 Å². The molecule has 2 N–H and O–H groups in total. The van der Waals surface area contributed by atoms with Gasteiger partial charge in [0.1, 0.15) is 5.76 Å². The predicted octanol–water partition coefficient (Wildman–Crippen LogP) is 1.64. The zero-order valence-corrected chi connectivity index (χ0v) is 9.32. The number of rotatable bonds is 5. The number of hydrogen-bond acceptors (Lipinski definition) is 3. The highest BCUT2D eigenvalue weighted by molar-refractivity contribution is 5.84. The Morgan fingerprint density at radius 3 is 2.62 bits per heavy atom. The van der Waals surface area contributed by atoms with Crippen LogP contribution in [0.5, 0.6) is 0 Å². The molecule has 16 heavy (non-hydrogen) atoms. The summed E-state index contributed by atoms with van der Waals surface area (Å²) in [6.45, 7) is 4.13. The Morgan fingerprint density at radius 2 is 2.12 bits per heavy atom. The van der Waals surface area contributed by atoms with E-state index in [1.54, 1.807) is 6.07 Å². The molecule has 0 saturated heterocycles. The number of amides is 1. The summed E-state index contributed by atoms with van der Waals surface area (Å²) in [6, 6.07) is 2.91. The minimum absolute atomic E-state index is 0.0664. The second-order valence-corrected chi connectivity index (χ2v) is 3.95. The van der Waals surface area contributed by atoms with Gasteiger partial charge < -0.3 is 14.8 Å². The van der Waals surface area contributed by atoms with E-state index >= 15 is 0 Å². The minimum Gasteiger partial charge on any atom is -0.475 e. The molecule has 1 rings (SSSR count). The summed E-state index contributed by atoms with van der Waals surface area (Å²) in [7, 11) is 0. The molecule has 1 amide bonds. The van der Waals surface area contributed by atoms with Crippen molar-refractivity contribution in [3.63, 3.8) is 0 Å². The first-order valence-electron chi connectivity index (χ1n) is 5.07. The SMILES string of the molecule is CC(C)CC(=O)NCc1ccc(C(=O)O)o1. The second kappa shape index (κ2) is 5.34. The first-order valence-corrected chi connectivity index (χ1v) is 5.07. The third kappa shape index (κ3) is 3.76. The molecule has 0 spiro atoms. The van der Waals surface area contributed by atoms with Gasteiger partial charge in [0.2, 0.25) is 11.7 Å². The van der Waals surface area contributed by atoms with E-state index in [0.29, 0.717) is 18.1 Å². The van der Waals surface area contributed by atoms with Gasteiger partial charge in [0.15, 0.2) is 0 Å². The van der Waals surface area contributed by atoms with Crippen LogP contribution in [0.2, 0.25) is 0 Å². The molecule has 1 heterocycles. The minimum atomic E-state index is -1.11. The summed E-state index contributed by atoms with van der Waals surface area (Å²) >= 11 is 0. The van der Waals surface area contributed by atoms with Crippen LogP contribution < -0.4 is 5.32 Å². The van der Waals surface area contributed by atoms with Crippen molar-refractivity contribution in [2.75, 3.05) is 0 Å². The lowest BCUT2D eigenvalue weighted by atomic mass is 10.1. The maximum atomic E-state index is 11.3. The van der Waals surface area contributed by atoms with E-state index in [9.17, 15) is 9.59 Å². The summed E-state index contributed by atoms with van der Waals surface area (Å²) in [5.74, 6) is -0.558. The molecule has 1 aromatic heterocycles. The smallest absolute Gasteiger partial charge is 0.371 e. The molecule has 0 radical (unpaired) electrons. The average molecular weight is 225 g/mol. The van der Waals surface area contributed by atoms with Crippen molar-refractivity contribution < 1.29 is 19.1 Å². The van der Waals surface area contributed by atoms with Crippen molar-refractivity contribution >= 4 is 11.9 Å². The molecule has 0 atom stereocenters. The van der Waals surface area contributed by atoms with Crippen LogP contribution in [0, 0.1) is 5.92 Å². The zero-order valence-electron chi connectivity index (χ0n) is 9.32. The first-order chi connectivity index (χ1) is 7.49. The van der Waals surface area contributed by atoms with Gasteiger partial charge in [-0.25, -0.2) is 4.79 Å². The van der Waals surface area contributed by atoms with E-state index in [2.05, 4.69) is 5.32 Å². The van der Waals surface area contributed by atoms with Crippen LogP contribution >= 0.6 is 0 Å². The Hall–Kier alpha value is -1.78. The molecule has 1 aromatic rings. The normalized spacial score (nSPS) is 10.4. The van der Waals surface area contributed by atoms with Crippen LogP contribution in [0.4, 0.5) is 0 Å². The third-order valence-corrected chi connectivity index (χ3v) is 1.93. The summed E-state index contributed by atoms with van der Waals surface area (Å²) in [4.78, 5) is 21.8. The van der Waals surface area contributed by atoms with Crippen LogP contribution in [0.1, 0.15) is 36.6 Å². The molecular weight excluding hydrogens is 210 g/mol. The van der Waals surface area contributed by atoms with Crippen molar-refractivity contribution in [3.8, 4) is 0 Å². The van der Waals surface area contributed by atoms with Crippen LogP contribution in [0.15, 0.2) is 16.5 Å². The molecule has 0 unspecified atom stereocenters. The molecule has 0 aliphatic carbocycles. The number of aromatic carboxylic acids is 1. The van der Waals surface area contributed by atoms with Gasteiger partial charge in [-0.15, -0.1) is 0 Å². The highest BCUT2D eigenvalue weighted by Gasteiger charge is 2.10. The van der Waals surface area contributed by atoms with E-state index < -0.39 is 5.97 Å². The number of carboxylic acids is 1. The monoisotopic (exact) mass is 225 g/mol. The second-order valence-electron chi connectivity index (χ2n) is 3.95. The predicted molar refractivity (Wildman–Crippen MR) is 57.0 cm³/mol. The van der Waals surface area contributed by atoms with Crippen molar-refractivity contribution in [1.29, 1.82) is 0 Å². The molecule has 0 bridgehead atoms. The van der Waals surface area contributed by atoms with Gasteiger partial charge in [0.25, 0.3) is 0 Å². The van der Waals surface area contributed by atoms with Crippen LogP contribution in [0.3, 0.4) is 0 Å². The van der Waals surface area contributed by atoms with Crippen LogP contribution in [0.25, 0.3) is 0 Å². The lowest BCUT2D eigenvalue weighted by molar-refractivity contribution is -0.122. The number of carbonyl (C=O) groups is 2. The van der Waals surface area contributed by atoms with E-state index in [-0.39, 0.29) is 18.2 Å². The molecule has 0 saturated carbocycles. The van der Waals surface area contributed by atoms with Gasteiger partial charge in [-0.3, -0.25) is 4.79 Å². The van der Waals surface area contributed by atoms with E-state index in [0.717, 1.165) is 0 Å². The molecule has 0 aromatic carbocycles. The van der Waals surface area contributed by atoms with Crippen LogP contribution in [-0.4, -0.2) is 17.0 Å². The topological polar surface area (TPSA) is 79.5 Å². The molecule has 0 fully saturated rings. The lowest BCUT2D eigenvalue weighted by Crippen LogP contribution is -2.23. The fourth-order valence-electron chi connectivity index (χ4n) is 1.22. The van der Waals surface area contributed by atoms with E-state index in [4.69, 9.17) is 9.52 Å². The van der Waals surface area contributed by atoms with Gasteiger partial charge in [-0.1, -0.05) is 13.8 Å². The highest BCUT2D eigenvalue weighted by atomic mass is 16.4. The van der Waals surface area contributed by atoms with E-state index in [1.807, 2.05) is 13.8 Å². The van der Waals surface area contributed by atoms with Crippen molar-refractivity contribution in [3.05, 3.63) is 23.7 Å². The summed E-state index contributed by atoms with van der Waals surface area (Å²) in [5, 5.41) is 11.3. The summed E-state index contributed by atoms with van der Waals surface area (Å²) in [5.41, 5.74) is 0. The maximum absolute atomic E-state index is 11.3. The molecule has 0 aliphatic heterocycles.